The van der Waals surface area contributed by atoms with Gasteiger partial charge in [-0.25, -0.2) is 9.37 Å². The summed E-state index contributed by atoms with van der Waals surface area (Å²) in [6, 6.07) is 11.1. The number of rotatable bonds is 12. The fourth-order valence-corrected chi connectivity index (χ4v) is 3.22. The fraction of sp³-hybridized carbons (Fsp3) is 0.333. The molecule has 0 bridgehead atoms. The molecule has 0 saturated carbocycles. The first-order valence-corrected chi connectivity index (χ1v) is 10.3. The summed E-state index contributed by atoms with van der Waals surface area (Å²) in [5.74, 6) is 2.20. The number of carbonyl (C=O) groups excluding carboxylic acids is 1. The second-order valence-electron chi connectivity index (χ2n) is 6.60. The molecule has 0 unspecified atom stereocenters. The first-order chi connectivity index (χ1) is 15.2. The summed E-state index contributed by atoms with van der Waals surface area (Å²) in [7, 11) is 0. The van der Waals surface area contributed by atoms with Crippen molar-refractivity contribution >= 4 is 6.29 Å². The van der Waals surface area contributed by atoms with Crippen LogP contribution in [-0.2, 0) is 11.2 Å². The third kappa shape index (κ3) is 5.42. The molecule has 0 aliphatic heterocycles. The number of aromatic nitrogens is 1. The van der Waals surface area contributed by atoms with E-state index in [-0.39, 0.29) is 6.61 Å². The van der Waals surface area contributed by atoms with Gasteiger partial charge >= 0.3 is 0 Å². The van der Waals surface area contributed by atoms with Crippen molar-refractivity contribution in [3.8, 4) is 40.0 Å². The molecule has 6 nitrogen and oxygen atoms in total. The molecule has 0 aliphatic carbocycles. The van der Waals surface area contributed by atoms with Gasteiger partial charge < -0.3 is 23.4 Å². The van der Waals surface area contributed by atoms with Gasteiger partial charge in [0.2, 0.25) is 5.89 Å². The van der Waals surface area contributed by atoms with Crippen molar-refractivity contribution in [2.75, 3.05) is 26.5 Å². The van der Waals surface area contributed by atoms with Gasteiger partial charge in [-0.15, -0.1) is 0 Å². The van der Waals surface area contributed by atoms with E-state index < -0.39 is 6.67 Å². The Bertz CT molecular complexity index is 1000. The normalized spacial score (nSPS) is 10.7. The van der Waals surface area contributed by atoms with Gasteiger partial charge in [-0.1, -0.05) is 12.1 Å². The van der Waals surface area contributed by atoms with Crippen LogP contribution in [0.15, 0.2) is 47.1 Å². The number of para-hydroxylation sites is 1. The first kappa shape index (κ1) is 22.3. The quantitative estimate of drug-likeness (QED) is 0.366. The number of hydrogen-bond acceptors (Lipinski definition) is 6. The molecule has 0 amide bonds. The SMILES string of the molecule is CCOc1ccc(-c2nc(-c3cccc(CCC=O)c3OCCF)co2)cc1OCC. The summed E-state index contributed by atoms with van der Waals surface area (Å²) in [6.07, 6.45) is 3.24. The molecule has 31 heavy (non-hydrogen) atoms. The minimum absolute atomic E-state index is 0.0770. The Kier molecular flexibility index (Phi) is 8.04. The lowest BCUT2D eigenvalue weighted by atomic mass is 10.0. The Balaban J connectivity index is 1.96. The van der Waals surface area contributed by atoms with Crippen LogP contribution in [0.5, 0.6) is 17.2 Å². The Morgan fingerprint density at radius 3 is 2.61 bits per heavy atom. The van der Waals surface area contributed by atoms with Crippen LogP contribution in [0.25, 0.3) is 22.7 Å². The van der Waals surface area contributed by atoms with Crippen LogP contribution in [-0.4, -0.2) is 37.8 Å². The van der Waals surface area contributed by atoms with Gasteiger partial charge in [0, 0.05) is 17.5 Å². The highest BCUT2D eigenvalue weighted by atomic mass is 19.1. The Hall–Kier alpha value is -3.35. The molecule has 1 aromatic heterocycles. The van der Waals surface area contributed by atoms with Crippen molar-refractivity contribution in [1.29, 1.82) is 0 Å². The first-order valence-electron chi connectivity index (χ1n) is 10.3. The molecule has 2 aromatic carbocycles. The lowest BCUT2D eigenvalue weighted by Crippen LogP contribution is -2.04. The van der Waals surface area contributed by atoms with E-state index in [1.165, 1.54) is 6.26 Å². The number of aldehydes is 1. The number of benzene rings is 2. The summed E-state index contributed by atoms with van der Waals surface area (Å²) in [5, 5.41) is 0. The van der Waals surface area contributed by atoms with E-state index in [0.29, 0.717) is 60.5 Å². The van der Waals surface area contributed by atoms with E-state index in [2.05, 4.69) is 4.98 Å². The molecular weight excluding hydrogens is 401 g/mol. The van der Waals surface area contributed by atoms with Crippen LogP contribution >= 0.6 is 0 Å². The van der Waals surface area contributed by atoms with E-state index in [0.717, 1.165) is 17.4 Å². The monoisotopic (exact) mass is 427 g/mol. The number of halogens is 1. The predicted molar refractivity (Wildman–Crippen MR) is 116 cm³/mol. The average Bonchev–Trinajstić information content (AvgIpc) is 3.28. The highest BCUT2D eigenvalue weighted by Crippen LogP contribution is 2.37. The molecule has 0 saturated heterocycles. The zero-order valence-corrected chi connectivity index (χ0v) is 17.7. The number of carbonyl (C=O) groups is 1. The summed E-state index contributed by atoms with van der Waals surface area (Å²) in [6.45, 7) is 4.16. The van der Waals surface area contributed by atoms with Crippen LogP contribution in [0, 0.1) is 0 Å². The van der Waals surface area contributed by atoms with Crippen molar-refractivity contribution in [2.45, 2.75) is 26.7 Å². The van der Waals surface area contributed by atoms with E-state index >= 15 is 0 Å². The standard InChI is InChI=1S/C24H26FNO5/c1-3-28-21-11-10-18(15-22(21)29-4-2)24-26-20(16-31-24)19-9-5-7-17(8-6-13-27)23(19)30-14-12-25/h5,7,9-11,13,15-16H,3-4,6,8,12,14H2,1-2H3. The molecule has 3 rings (SSSR count). The highest BCUT2D eigenvalue weighted by Gasteiger charge is 2.17. The van der Waals surface area contributed by atoms with E-state index in [1.54, 1.807) is 0 Å². The van der Waals surface area contributed by atoms with E-state index in [1.807, 2.05) is 50.2 Å². The molecule has 3 aromatic rings. The average molecular weight is 427 g/mol. The number of aryl methyl sites for hydroxylation is 1. The third-order valence-electron chi connectivity index (χ3n) is 4.52. The molecular formula is C24H26FNO5. The summed E-state index contributed by atoms with van der Waals surface area (Å²) in [5.41, 5.74) is 2.80. The summed E-state index contributed by atoms with van der Waals surface area (Å²) < 4.78 is 35.5. The summed E-state index contributed by atoms with van der Waals surface area (Å²) in [4.78, 5) is 15.4. The Morgan fingerprint density at radius 1 is 1.06 bits per heavy atom. The fourth-order valence-electron chi connectivity index (χ4n) is 3.22. The molecule has 164 valence electrons. The minimum atomic E-state index is -0.613. The Labute approximate surface area is 181 Å². The molecule has 0 aliphatic rings. The van der Waals surface area contributed by atoms with Crippen molar-refractivity contribution < 1.29 is 27.8 Å². The van der Waals surface area contributed by atoms with Gasteiger partial charge in [-0.2, -0.15) is 0 Å². The molecule has 1 heterocycles. The van der Waals surface area contributed by atoms with Gasteiger partial charge in [-0.05, 0) is 50.1 Å². The second kappa shape index (κ2) is 11.2. The lowest BCUT2D eigenvalue weighted by Gasteiger charge is -2.13. The van der Waals surface area contributed by atoms with Crippen LogP contribution in [0.1, 0.15) is 25.8 Å². The van der Waals surface area contributed by atoms with Crippen LogP contribution in [0.3, 0.4) is 0 Å². The topological polar surface area (TPSA) is 70.8 Å². The highest BCUT2D eigenvalue weighted by molar-refractivity contribution is 5.71. The zero-order valence-electron chi connectivity index (χ0n) is 17.7. The summed E-state index contributed by atoms with van der Waals surface area (Å²) >= 11 is 0. The van der Waals surface area contributed by atoms with Crippen LogP contribution in [0.2, 0.25) is 0 Å². The number of ether oxygens (including phenoxy) is 3. The maximum absolute atomic E-state index is 12.8. The minimum Gasteiger partial charge on any atom is -0.490 e. The zero-order chi connectivity index (χ0) is 22.1. The van der Waals surface area contributed by atoms with E-state index in [4.69, 9.17) is 18.6 Å². The smallest absolute Gasteiger partial charge is 0.226 e. The van der Waals surface area contributed by atoms with Crippen molar-refractivity contribution in [1.82, 2.24) is 4.98 Å². The lowest BCUT2D eigenvalue weighted by molar-refractivity contribution is -0.107. The number of oxazole rings is 1. The number of alkyl halides is 1. The van der Waals surface area contributed by atoms with Gasteiger partial charge in [-0.3, -0.25) is 0 Å². The Morgan fingerprint density at radius 2 is 1.87 bits per heavy atom. The maximum atomic E-state index is 12.8. The van der Waals surface area contributed by atoms with Gasteiger partial charge in [0.15, 0.2) is 11.5 Å². The van der Waals surface area contributed by atoms with E-state index in [9.17, 15) is 9.18 Å². The molecule has 0 radical (unpaired) electrons. The van der Waals surface area contributed by atoms with Crippen LogP contribution < -0.4 is 14.2 Å². The number of nitrogens with zero attached hydrogens (tertiary/aromatic N) is 1. The molecule has 0 spiro atoms. The predicted octanol–water partition coefficient (Wildman–Crippen LogP) is 5.29. The van der Waals surface area contributed by atoms with Crippen LogP contribution in [0.4, 0.5) is 4.39 Å². The van der Waals surface area contributed by atoms with Crippen molar-refractivity contribution in [3.63, 3.8) is 0 Å². The van der Waals surface area contributed by atoms with Gasteiger partial charge in [0.05, 0.1) is 13.2 Å². The van der Waals surface area contributed by atoms with Gasteiger partial charge in [0.1, 0.15) is 37.3 Å². The largest absolute Gasteiger partial charge is 0.490 e. The molecule has 7 heteroatoms. The number of hydrogen-bond donors (Lipinski definition) is 0. The van der Waals surface area contributed by atoms with Crippen molar-refractivity contribution in [3.05, 3.63) is 48.2 Å². The van der Waals surface area contributed by atoms with Gasteiger partial charge in [0.25, 0.3) is 0 Å². The molecule has 0 N–H and O–H groups in total. The second-order valence-corrected chi connectivity index (χ2v) is 6.60. The molecule has 0 atom stereocenters. The third-order valence-corrected chi connectivity index (χ3v) is 4.52. The molecule has 0 fully saturated rings. The maximum Gasteiger partial charge on any atom is 0.226 e. The van der Waals surface area contributed by atoms with Crippen molar-refractivity contribution in [2.24, 2.45) is 0 Å².